The van der Waals surface area contributed by atoms with Gasteiger partial charge in [0.05, 0.1) is 39.2 Å². The second kappa shape index (κ2) is 18.2. The predicted octanol–water partition coefficient (Wildman–Crippen LogP) is 10.6. The summed E-state index contributed by atoms with van der Waals surface area (Å²) in [6.45, 7) is 2.85. The first kappa shape index (κ1) is 37.1. The SMILES string of the molecule is CC(=O)/C=C(/C)O.[Ir].[c-]1ccccc1-c1nc2ccccc2nc1-c1ccccc1.[c-]1ccccc1-c1nc2ccccc2nc1-c1ccccc1. The zero-order valence-electron chi connectivity index (χ0n) is 28.6. The van der Waals surface area contributed by atoms with Gasteiger partial charge in [-0.15, -0.1) is 71.8 Å². The molecule has 0 aliphatic rings. The second-order valence-electron chi connectivity index (χ2n) is 11.5. The minimum Gasteiger partial charge on any atom is -0.512 e. The van der Waals surface area contributed by atoms with Crippen LogP contribution in [0.15, 0.2) is 170 Å². The van der Waals surface area contributed by atoms with Crippen molar-refractivity contribution in [2.24, 2.45) is 0 Å². The van der Waals surface area contributed by atoms with E-state index in [1.807, 2.05) is 133 Å². The number of carbonyl (C=O) groups excluding carboxylic acids is 1. The molecule has 0 aliphatic heterocycles. The largest absolute Gasteiger partial charge is 0.512 e. The van der Waals surface area contributed by atoms with Gasteiger partial charge in [0, 0.05) is 37.6 Å². The Morgan fingerprint density at radius 2 is 0.808 bits per heavy atom. The maximum Gasteiger partial charge on any atom is 0.155 e. The van der Waals surface area contributed by atoms with E-state index in [0.29, 0.717) is 0 Å². The minimum atomic E-state index is -0.125. The molecular formula is C45H34IrN4O2-2. The molecule has 1 radical (unpaired) electrons. The van der Waals surface area contributed by atoms with Gasteiger partial charge in [-0.05, 0) is 49.2 Å². The Morgan fingerprint density at radius 1 is 0.481 bits per heavy atom. The molecule has 6 aromatic carbocycles. The molecule has 0 saturated heterocycles. The van der Waals surface area contributed by atoms with Crippen LogP contribution in [0.1, 0.15) is 13.8 Å². The van der Waals surface area contributed by atoms with Crippen LogP contribution in [0.4, 0.5) is 0 Å². The van der Waals surface area contributed by atoms with Gasteiger partial charge in [-0.1, -0.05) is 84.9 Å². The molecule has 52 heavy (non-hydrogen) atoms. The Kier molecular flexibility index (Phi) is 13.0. The predicted molar refractivity (Wildman–Crippen MR) is 206 cm³/mol. The van der Waals surface area contributed by atoms with Gasteiger partial charge in [0.25, 0.3) is 0 Å². The number of para-hydroxylation sites is 4. The van der Waals surface area contributed by atoms with E-state index in [2.05, 4.69) is 36.4 Å². The maximum atomic E-state index is 10.0. The van der Waals surface area contributed by atoms with Crippen LogP contribution in [0, 0.1) is 12.1 Å². The molecule has 0 aliphatic carbocycles. The molecule has 8 rings (SSSR count). The summed E-state index contributed by atoms with van der Waals surface area (Å²) in [6, 6.07) is 58.5. The molecule has 0 atom stereocenters. The third kappa shape index (κ3) is 9.55. The fraction of sp³-hybridized carbons (Fsp3) is 0.0444. The molecule has 2 heterocycles. The molecule has 6 nitrogen and oxygen atoms in total. The number of allylic oxidation sites excluding steroid dienone is 2. The van der Waals surface area contributed by atoms with Crippen molar-refractivity contribution in [2.75, 3.05) is 0 Å². The molecule has 0 unspecified atom stereocenters. The first-order valence-electron chi connectivity index (χ1n) is 16.4. The molecule has 0 spiro atoms. The van der Waals surface area contributed by atoms with E-state index >= 15 is 0 Å². The van der Waals surface area contributed by atoms with Crippen molar-refractivity contribution in [3.8, 4) is 45.0 Å². The van der Waals surface area contributed by atoms with Crippen molar-refractivity contribution in [2.45, 2.75) is 13.8 Å². The topological polar surface area (TPSA) is 88.9 Å². The number of carbonyl (C=O) groups is 1. The van der Waals surface area contributed by atoms with Crippen LogP contribution in [0.2, 0.25) is 0 Å². The molecule has 1 N–H and O–H groups in total. The number of rotatable bonds is 5. The molecule has 257 valence electrons. The van der Waals surface area contributed by atoms with Gasteiger partial charge in [0.15, 0.2) is 5.78 Å². The van der Waals surface area contributed by atoms with Gasteiger partial charge in [0.2, 0.25) is 0 Å². The number of aliphatic hydroxyl groups excluding tert-OH is 1. The van der Waals surface area contributed by atoms with Crippen LogP contribution in [-0.4, -0.2) is 30.8 Å². The van der Waals surface area contributed by atoms with Crippen LogP contribution in [0.3, 0.4) is 0 Å². The molecule has 0 amide bonds. The fourth-order valence-corrected chi connectivity index (χ4v) is 5.35. The molecule has 8 aromatic rings. The van der Waals surface area contributed by atoms with Crippen molar-refractivity contribution < 1.29 is 30.0 Å². The van der Waals surface area contributed by atoms with Gasteiger partial charge in [0.1, 0.15) is 0 Å². The number of hydrogen-bond donors (Lipinski definition) is 1. The Morgan fingerprint density at radius 3 is 1.10 bits per heavy atom. The van der Waals surface area contributed by atoms with E-state index < -0.39 is 0 Å². The quantitative estimate of drug-likeness (QED) is 0.105. The van der Waals surface area contributed by atoms with E-state index in [1.165, 1.54) is 19.9 Å². The fourth-order valence-electron chi connectivity index (χ4n) is 5.35. The van der Waals surface area contributed by atoms with Gasteiger partial charge in [-0.3, -0.25) is 24.7 Å². The minimum absolute atomic E-state index is 0. The maximum absolute atomic E-state index is 10.0. The van der Waals surface area contributed by atoms with E-state index in [1.54, 1.807) is 0 Å². The van der Waals surface area contributed by atoms with Gasteiger partial charge in [-0.2, -0.15) is 0 Å². The molecule has 7 heteroatoms. The van der Waals surface area contributed by atoms with Crippen molar-refractivity contribution >= 4 is 27.9 Å². The zero-order chi connectivity index (χ0) is 35.4. The first-order chi connectivity index (χ1) is 25.0. The monoisotopic (exact) mass is 855 g/mol. The summed E-state index contributed by atoms with van der Waals surface area (Å²) >= 11 is 0. The van der Waals surface area contributed by atoms with Gasteiger partial charge >= 0.3 is 0 Å². The van der Waals surface area contributed by atoms with Crippen molar-refractivity contribution in [1.82, 2.24) is 19.9 Å². The Balaban J connectivity index is 0.000000168. The molecular weight excluding hydrogens is 821 g/mol. The number of benzene rings is 6. The van der Waals surface area contributed by atoms with Crippen molar-refractivity contribution in [1.29, 1.82) is 0 Å². The molecule has 2 aromatic heterocycles. The van der Waals surface area contributed by atoms with Crippen LogP contribution >= 0.6 is 0 Å². The van der Waals surface area contributed by atoms with E-state index in [4.69, 9.17) is 25.0 Å². The Labute approximate surface area is 317 Å². The molecule has 0 saturated carbocycles. The Bertz CT molecular complexity index is 2090. The van der Waals surface area contributed by atoms with E-state index in [9.17, 15) is 4.79 Å². The average Bonchev–Trinajstić information content (AvgIpc) is 3.18. The summed E-state index contributed by atoms with van der Waals surface area (Å²) in [5, 5.41) is 8.36. The summed E-state index contributed by atoms with van der Waals surface area (Å²) in [6.07, 6.45) is 1.17. The van der Waals surface area contributed by atoms with Gasteiger partial charge < -0.3 is 5.11 Å². The van der Waals surface area contributed by atoms with Gasteiger partial charge in [-0.25, -0.2) is 0 Å². The number of ketones is 1. The zero-order valence-corrected chi connectivity index (χ0v) is 31.0. The molecule has 0 bridgehead atoms. The van der Waals surface area contributed by atoms with Crippen LogP contribution in [0.25, 0.3) is 67.1 Å². The standard InChI is InChI=1S/2C20H13N2.C5H8O2.Ir/c2*1-3-9-15(10-4-1)19-20(16-11-5-2-6-12-16)22-18-14-8-7-13-17(18)21-19;1-4(6)3-5(2)7;/h2*1-11,13-14H;3,6H,1-2H3;/q2*-1;;/b;;4-3-;. The number of fused-ring (bicyclic) bond motifs is 2. The van der Waals surface area contributed by atoms with Crippen LogP contribution in [-0.2, 0) is 24.9 Å². The number of aromatic nitrogens is 4. The summed E-state index contributed by atoms with van der Waals surface area (Å²) in [7, 11) is 0. The third-order valence-corrected chi connectivity index (χ3v) is 7.58. The van der Waals surface area contributed by atoms with E-state index in [0.717, 1.165) is 67.1 Å². The smallest absolute Gasteiger partial charge is 0.155 e. The number of aliphatic hydroxyl groups is 1. The summed E-state index contributed by atoms with van der Waals surface area (Å²) < 4.78 is 0. The summed E-state index contributed by atoms with van der Waals surface area (Å²) in [5.41, 5.74) is 11.2. The number of nitrogens with zero attached hydrogens (tertiary/aromatic N) is 4. The van der Waals surface area contributed by atoms with Crippen molar-refractivity contribution in [3.05, 3.63) is 182 Å². The second-order valence-corrected chi connectivity index (χ2v) is 11.5. The van der Waals surface area contributed by atoms with E-state index in [-0.39, 0.29) is 31.6 Å². The third-order valence-electron chi connectivity index (χ3n) is 7.58. The first-order valence-corrected chi connectivity index (χ1v) is 16.4. The number of hydrogen-bond acceptors (Lipinski definition) is 6. The van der Waals surface area contributed by atoms with Crippen LogP contribution < -0.4 is 0 Å². The normalized spacial score (nSPS) is 10.6. The summed E-state index contributed by atoms with van der Waals surface area (Å²) in [5.74, 6) is -0.0625. The summed E-state index contributed by atoms with van der Waals surface area (Å²) in [4.78, 5) is 29.4. The average molecular weight is 855 g/mol. The Hall–Kier alpha value is -6.14. The molecule has 0 fully saturated rings. The van der Waals surface area contributed by atoms with Crippen LogP contribution in [0.5, 0.6) is 0 Å². The van der Waals surface area contributed by atoms with Crippen molar-refractivity contribution in [3.63, 3.8) is 0 Å².